The highest BCUT2D eigenvalue weighted by Crippen LogP contribution is 2.14. The Hall–Kier alpha value is -1.04. The van der Waals surface area contributed by atoms with E-state index in [1.54, 1.807) is 0 Å². The lowest BCUT2D eigenvalue weighted by Crippen LogP contribution is -2.24. The largest absolute Gasteiger partial charge is 0.357 e. The molecule has 1 aliphatic rings. The highest BCUT2D eigenvalue weighted by atomic mass is 35.5. The fourth-order valence-corrected chi connectivity index (χ4v) is 2.84. The van der Waals surface area contributed by atoms with E-state index in [2.05, 4.69) is 34.4 Å². The van der Waals surface area contributed by atoms with E-state index in [0.29, 0.717) is 18.9 Å². The number of pyridine rings is 1. The van der Waals surface area contributed by atoms with Gasteiger partial charge in [0.2, 0.25) is 5.91 Å². The molecular weight excluding hydrogens is 347 g/mol. The van der Waals surface area contributed by atoms with Crippen LogP contribution < -0.4 is 15.5 Å². The van der Waals surface area contributed by atoms with Crippen molar-refractivity contribution in [3.63, 3.8) is 0 Å². The SMILES string of the molecule is CCN(CC)c1ccc(CNC(=O)CCC2CCNC2)cn1.Cl.Cl. The molecule has 0 aromatic carbocycles. The van der Waals surface area contributed by atoms with Crippen LogP contribution in [0.25, 0.3) is 0 Å². The van der Waals surface area contributed by atoms with Crippen molar-refractivity contribution in [1.29, 1.82) is 0 Å². The lowest BCUT2D eigenvalue weighted by Gasteiger charge is -2.19. The second-order valence-electron chi connectivity index (χ2n) is 5.87. The molecular formula is C17H30Cl2N4O. The summed E-state index contributed by atoms with van der Waals surface area (Å²) < 4.78 is 0. The third-order valence-corrected chi connectivity index (χ3v) is 4.33. The molecule has 0 spiro atoms. The lowest BCUT2D eigenvalue weighted by molar-refractivity contribution is -0.121. The first kappa shape index (κ1) is 23.0. The van der Waals surface area contributed by atoms with Gasteiger partial charge < -0.3 is 15.5 Å². The molecule has 0 bridgehead atoms. The van der Waals surface area contributed by atoms with E-state index in [9.17, 15) is 4.79 Å². The van der Waals surface area contributed by atoms with Crippen LogP contribution in [0.1, 0.15) is 38.7 Å². The van der Waals surface area contributed by atoms with Gasteiger partial charge in [-0.3, -0.25) is 4.79 Å². The second kappa shape index (κ2) is 12.3. The predicted octanol–water partition coefficient (Wildman–Crippen LogP) is 2.78. The molecule has 138 valence electrons. The standard InChI is InChI=1S/C17H28N4O.2ClH/c1-3-21(4-2)16-7-5-15(12-19-16)13-20-17(22)8-6-14-9-10-18-11-14;;/h5,7,12,14,18H,3-4,6,8-11,13H2,1-2H3,(H,20,22);2*1H. The Labute approximate surface area is 157 Å². The highest BCUT2D eigenvalue weighted by molar-refractivity contribution is 5.85. The minimum Gasteiger partial charge on any atom is -0.357 e. The summed E-state index contributed by atoms with van der Waals surface area (Å²) in [5.41, 5.74) is 1.05. The van der Waals surface area contributed by atoms with Gasteiger partial charge in [0, 0.05) is 32.3 Å². The minimum atomic E-state index is 0. The maximum Gasteiger partial charge on any atom is 0.220 e. The number of halogens is 2. The molecule has 1 aliphatic heterocycles. The van der Waals surface area contributed by atoms with Gasteiger partial charge in [0.05, 0.1) is 0 Å². The Morgan fingerprint density at radius 2 is 2.08 bits per heavy atom. The Balaban J connectivity index is 0.00000264. The number of carbonyl (C=O) groups is 1. The third kappa shape index (κ3) is 7.24. The molecule has 1 fully saturated rings. The van der Waals surface area contributed by atoms with Crippen molar-refractivity contribution < 1.29 is 4.79 Å². The fourth-order valence-electron chi connectivity index (χ4n) is 2.84. The molecule has 1 atom stereocenters. The van der Waals surface area contributed by atoms with Crippen LogP contribution in [0.3, 0.4) is 0 Å². The van der Waals surface area contributed by atoms with Crippen LogP contribution in [0.15, 0.2) is 18.3 Å². The quantitative estimate of drug-likeness (QED) is 0.732. The number of nitrogens with zero attached hydrogens (tertiary/aromatic N) is 2. The van der Waals surface area contributed by atoms with Gasteiger partial charge in [-0.2, -0.15) is 0 Å². The Morgan fingerprint density at radius 1 is 1.33 bits per heavy atom. The molecule has 5 nitrogen and oxygen atoms in total. The van der Waals surface area contributed by atoms with Crippen molar-refractivity contribution in [2.24, 2.45) is 5.92 Å². The Bertz CT molecular complexity index is 460. The first-order valence-electron chi connectivity index (χ1n) is 8.40. The van der Waals surface area contributed by atoms with Gasteiger partial charge in [0.15, 0.2) is 0 Å². The molecule has 1 aromatic heterocycles. The van der Waals surface area contributed by atoms with Crippen LogP contribution in [-0.2, 0) is 11.3 Å². The molecule has 7 heteroatoms. The van der Waals surface area contributed by atoms with E-state index in [1.165, 1.54) is 6.42 Å². The summed E-state index contributed by atoms with van der Waals surface area (Å²) in [6.07, 6.45) is 4.66. The van der Waals surface area contributed by atoms with E-state index in [1.807, 2.05) is 18.3 Å². The van der Waals surface area contributed by atoms with Gasteiger partial charge in [-0.05, 0) is 57.3 Å². The molecule has 1 saturated heterocycles. The van der Waals surface area contributed by atoms with Crippen LogP contribution in [0.5, 0.6) is 0 Å². The number of amides is 1. The Morgan fingerprint density at radius 3 is 2.62 bits per heavy atom. The molecule has 2 heterocycles. The maximum absolute atomic E-state index is 11.9. The normalized spacial score (nSPS) is 16.0. The van der Waals surface area contributed by atoms with E-state index in [-0.39, 0.29) is 30.7 Å². The maximum atomic E-state index is 11.9. The van der Waals surface area contributed by atoms with Crippen LogP contribution in [0, 0.1) is 5.92 Å². The number of rotatable bonds is 8. The zero-order valence-corrected chi connectivity index (χ0v) is 16.2. The first-order chi connectivity index (χ1) is 10.7. The summed E-state index contributed by atoms with van der Waals surface area (Å²) in [7, 11) is 0. The van der Waals surface area contributed by atoms with Gasteiger partial charge in [-0.25, -0.2) is 4.98 Å². The average molecular weight is 377 g/mol. The minimum absolute atomic E-state index is 0. The molecule has 0 saturated carbocycles. The van der Waals surface area contributed by atoms with Gasteiger partial charge in [0.1, 0.15) is 5.82 Å². The third-order valence-electron chi connectivity index (χ3n) is 4.33. The van der Waals surface area contributed by atoms with Crippen molar-refractivity contribution in [2.45, 2.75) is 39.7 Å². The van der Waals surface area contributed by atoms with Crippen LogP contribution in [0.4, 0.5) is 5.82 Å². The number of hydrogen-bond donors (Lipinski definition) is 2. The smallest absolute Gasteiger partial charge is 0.220 e. The van der Waals surface area contributed by atoms with Crippen molar-refractivity contribution in [1.82, 2.24) is 15.6 Å². The molecule has 0 radical (unpaired) electrons. The summed E-state index contributed by atoms with van der Waals surface area (Å²) in [5.74, 6) is 1.80. The number of nitrogens with one attached hydrogen (secondary N) is 2. The van der Waals surface area contributed by atoms with Gasteiger partial charge >= 0.3 is 0 Å². The monoisotopic (exact) mass is 376 g/mol. The van der Waals surface area contributed by atoms with Crippen LogP contribution in [0.2, 0.25) is 0 Å². The zero-order valence-electron chi connectivity index (χ0n) is 14.6. The van der Waals surface area contributed by atoms with E-state index >= 15 is 0 Å². The summed E-state index contributed by atoms with van der Waals surface area (Å²) >= 11 is 0. The summed E-state index contributed by atoms with van der Waals surface area (Å²) in [5, 5.41) is 6.32. The highest BCUT2D eigenvalue weighted by Gasteiger charge is 2.15. The molecule has 1 aromatic rings. The number of hydrogen-bond acceptors (Lipinski definition) is 4. The molecule has 2 rings (SSSR count). The molecule has 0 aliphatic carbocycles. The Kier molecular flexibility index (Phi) is 11.8. The van der Waals surface area contributed by atoms with Gasteiger partial charge in [-0.1, -0.05) is 6.07 Å². The van der Waals surface area contributed by atoms with Gasteiger partial charge in [-0.15, -0.1) is 24.8 Å². The van der Waals surface area contributed by atoms with Crippen molar-refractivity contribution in [3.8, 4) is 0 Å². The number of aromatic nitrogens is 1. The summed E-state index contributed by atoms with van der Waals surface area (Å²) in [6.45, 7) is 8.87. The number of anilines is 1. The van der Waals surface area contributed by atoms with E-state index in [0.717, 1.165) is 44.0 Å². The average Bonchev–Trinajstić information content (AvgIpc) is 3.07. The summed E-state index contributed by atoms with van der Waals surface area (Å²) in [6, 6.07) is 4.07. The van der Waals surface area contributed by atoms with Crippen LogP contribution in [-0.4, -0.2) is 37.1 Å². The van der Waals surface area contributed by atoms with Gasteiger partial charge in [0.25, 0.3) is 0 Å². The van der Waals surface area contributed by atoms with Crippen molar-refractivity contribution >= 4 is 36.5 Å². The van der Waals surface area contributed by atoms with Crippen molar-refractivity contribution in [2.75, 3.05) is 31.1 Å². The van der Waals surface area contributed by atoms with Crippen LogP contribution >= 0.6 is 24.8 Å². The topological polar surface area (TPSA) is 57.3 Å². The molecule has 24 heavy (non-hydrogen) atoms. The second-order valence-corrected chi connectivity index (χ2v) is 5.87. The molecule has 1 unspecified atom stereocenters. The first-order valence-corrected chi connectivity index (χ1v) is 8.40. The summed E-state index contributed by atoms with van der Waals surface area (Å²) in [4.78, 5) is 18.6. The predicted molar refractivity (Wildman–Crippen MR) is 104 cm³/mol. The molecule has 1 amide bonds. The lowest BCUT2D eigenvalue weighted by atomic mass is 10.0. The van der Waals surface area contributed by atoms with Crippen molar-refractivity contribution in [3.05, 3.63) is 23.9 Å². The zero-order chi connectivity index (χ0) is 15.8. The van der Waals surface area contributed by atoms with E-state index < -0.39 is 0 Å². The molecule has 2 N–H and O–H groups in total. The van der Waals surface area contributed by atoms with E-state index in [4.69, 9.17) is 0 Å². The number of carbonyl (C=O) groups excluding carboxylic acids is 1. The fraction of sp³-hybridized carbons (Fsp3) is 0.647.